The van der Waals surface area contributed by atoms with Crippen LogP contribution in [0.3, 0.4) is 0 Å². The molecule has 0 amide bonds. The van der Waals surface area contributed by atoms with Gasteiger partial charge in [-0.1, -0.05) is 63.6 Å². The van der Waals surface area contributed by atoms with Crippen LogP contribution in [0.1, 0.15) is 78.6 Å². The second-order valence-corrected chi connectivity index (χ2v) is 12.7. The van der Waals surface area contributed by atoms with Gasteiger partial charge in [0.2, 0.25) is 0 Å². The maximum absolute atomic E-state index is 6.84. The monoisotopic (exact) mass is 578 g/mol. The van der Waals surface area contributed by atoms with Crippen molar-refractivity contribution in [1.29, 1.82) is 0 Å². The third kappa shape index (κ3) is 6.75. The van der Waals surface area contributed by atoms with Crippen molar-refractivity contribution < 1.29 is 9.47 Å². The van der Waals surface area contributed by atoms with Gasteiger partial charge in [0.15, 0.2) is 5.72 Å². The Kier molecular flexibility index (Phi) is 9.61. The van der Waals surface area contributed by atoms with Gasteiger partial charge < -0.3 is 15.2 Å². The Morgan fingerprint density at radius 1 is 0.744 bits per heavy atom. The van der Waals surface area contributed by atoms with Gasteiger partial charge in [-0.2, -0.15) is 0 Å². The molecule has 0 saturated carbocycles. The highest BCUT2D eigenvalue weighted by molar-refractivity contribution is 5.85. The fourth-order valence-electron chi connectivity index (χ4n) is 6.87. The minimum absolute atomic E-state index is 0.721. The molecule has 1 aliphatic rings. The zero-order valence-corrected chi connectivity index (χ0v) is 27.9. The molecule has 228 valence electrons. The molecule has 2 unspecified atom stereocenters. The Hall–Kier alpha value is -3.76. The first-order chi connectivity index (χ1) is 20.3. The average molecular weight is 579 g/mol. The summed E-state index contributed by atoms with van der Waals surface area (Å²) < 4.78 is 11.9. The highest BCUT2D eigenvalue weighted by Gasteiger charge is 2.29. The van der Waals surface area contributed by atoms with Gasteiger partial charge in [0.05, 0.1) is 7.11 Å². The lowest BCUT2D eigenvalue weighted by Gasteiger charge is -2.31. The molecule has 0 saturated heterocycles. The number of hydrogen-bond acceptors (Lipinski definition) is 4. The van der Waals surface area contributed by atoms with Crippen LogP contribution in [0.4, 0.5) is 5.69 Å². The summed E-state index contributed by atoms with van der Waals surface area (Å²) in [6.45, 7) is 18.9. The number of fused-ring (bicyclic) bond motifs is 1. The van der Waals surface area contributed by atoms with Gasteiger partial charge in [-0.25, -0.2) is 0 Å². The predicted molar refractivity (Wildman–Crippen MR) is 183 cm³/mol. The van der Waals surface area contributed by atoms with Gasteiger partial charge in [0, 0.05) is 16.8 Å². The second kappa shape index (κ2) is 12.9. The van der Waals surface area contributed by atoms with E-state index in [1.165, 1.54) is 35.1 Å². The Labute approximate surface area is 259 Å². The van der Waals surface area contributed by atoms with Crippen LogP contribution in [0, 0.1) is 40.5 Å². The lowest BCUT2D eigenvalue weighted by atomic mass is 9.87. The van der Waals surface area contributed by atoms with E-state index in [0.717, 1.165) is 74.0 Å². The number of anilines is 1. The standard InChI is InChI=1S/C36H42N2O2.C3H8/c1-20-11-26-9-10-27(18-28(26)12-20)29-13-21(2)33(32(37)19-29)30-14-22(3)34(23(4)15-30)36(7,38)40-31-16-24(5)35(39-8)25(6)17-31;1-3-2/h9-10,13-20H,11-12,37-38H2,1-8H3;3H2,1-2H3. The number of ether oxygens (including phenoxy) is 2. The first kappa shape index (κ1) is 32.2. The zero-order chi connectivity index (χ0) is 31.6. The van der Waals surface area contributed by atoms with Crippen LogP contribution >= 0.6 is 0 Å². The SMILES string of the molecule is CCC.COc1c(C)cc(OC(C)(N)c2c(C)cc(-c3c(C)cc(-c4ccc5c(c4)CC(C)C5)cc3N)cc2C)cc1C. The van der Waals surface area contributed by atoms with Crippen LogP contribution in [0.25, 0.3) is 22.3 Å². The Bertz CT molecular complexity index is 1560. The minimum atomic E-state index is -1.02. The topological polar surface area (TPSA) is 70.5 Å². The normalized spacial score (nSPS) is 15.3. The minimum Gasteiger partial charge on any atom is -0.496 e. The number of rotatable bonds is 6. The molecule has 0 bridgehead atoms. The summed E-state index contributed by atoms with van der Waals surface area (Å²) in [7, 11) is 1.69. The van der Waals surface area contributed by atoms with Gasteiger partial charge in [-0.15, -0.1) is 0 Å². The summed E-state index contributed by atoms with van der Waals surface area (Å²) in [6, 6.07) is 19.6. The Morgan fingerprint density at radius 2 is 1.30 bits per heavy atom. The van der Waals surface area contributed by atoms with Crippen molar-refractivity contribution in [2.45, 2.75) is 87.3 Å². The number of benzene rings is 4. The molecule has 4 heteroatoms. The Balaban J connectivity index is 0.00000135. The van der Waals surface area contributed by atoms with E-state index in [0.29, 0.717) is 0 Å². The van der Waals surface area contributed by atoms with Gasteiger partial charge in [0.25, 0.3) is 0 Å². The fraction of sp³-hybridized carbons (Fsp3) is 0.385. The van der Waals surface area contributed by atoms with Crippen molar-refractivity contribution in [3.8, 4) is 33.8 Å². The third-order valence-corrected chi connectivity index (χ3v) is 8.33. The molecule has 43 heavy (non-hydrogen) atoms. The number of nitrogens with two attached hydrogens (primary N) is 2. The second-order valence-electron chi connectivity index (χ2n) is 12.7. The van der Waals surface area contributed by atoms with Crippen molar-refractivity contribution >= 4 is 5.69 Å². The van der Waals surface area contributed by atoms with E-state index in [4.69, 9.17) is 20.9 Å². The molecular formula is C39H50N2O2. The molecule has 5 rings (SSSR count). The summed E-state index contributed by atoms with van der Waals surface area (Å²) in [4.78, 5) is 0. The molecule has 0 spiro atoms. The maximum Gasteiger partial charge on any atom is 0.182 e. The lowest BCUT2D eigenvalue weighted by molar-refractivity contribution is 0.0930. The first-order valence-corrected chi connectivity index (χ1v) is 15.6. The van der Waals surface area contributed by atoms with Crippen LogP contribution in [0.5, 0.6) is 11.5 Å². The van der Waals surface area contributed by atoms with Gasteiger partial charge in [0.1, 0.15) is 11.5 Å². The highest BCUT2D eigenvalue weighted by Crippen LogP contribution is 2.39. The molecule has 0 aromatic heterocycles. The van der Waals surface area contributed by atoms with E-state index in [2.05, 4.69) is 84.0 Å². The lowest BCUT2D eigenvalue weighted by Crippen LogP contribution is -2.40. The zero-order valence-electron chi connectivity index (χ0n) is 27.9. The highest BCUT2D eigenvalue weighted by atomic mass is 16.5. The first-order valence-electron chi connectivity index (χ1n) is 15.6. The number of methoxy groups -OCH3 is 1. The largest absolute Gasteiger partial charge is 0.496 e. The van der Waals surface area contributed by atoms with Gasteiger partial charge in [-0.05, 0) is 134 Å². The van der Waals surface area contributed by atoms with E-state index in [1.807, 2.05) is 32.9 Å². The van der Waals surface area contributed by atoms with Crippen LogP contribution in [-0.4, -0.2) is 7.11 Å². The molecule has 4 aromatic rings. The molecule has 0 aliphatic heterocycles. The van der Waals surface area contributed by atoms with Crippen LogP contribution in [0.15, 0.2) is 54.6 Å². The third-order valence-electron chi connectivity index (χ3n) is 8.33. The molecule has 4 nitrogen and oxygen atoms in total. The van der Waals surface area contributed by atoms with Crippen molar-refractivity contribution in [3.63, 3.8) is 0 Å². The summed E-state index contributed by atoms with van der Waals surface area (Å²) in [6.07, 6.45) is 3.58. The molecule has 2 atom stereocenters. The number of nitrogen functional groups attached to an aromatic ring is 1. The van der Waals surface area contributed by atoms with Crippen molar-refractivity contribution in [2.75, 3.05) is 12.8 Å². The van der Waals surface area contributed by atoms with E-state index in [-0.39, 0.29) is 0 Å². The van der Waals surface area contributed by atoms with Gasteiger partial charge in [-0.3, -0.25) is 5.73 Å². The van der Waals surface area contributed by atoms with Crippen molar-refractivity contribution in [1.82, 2.24) is 0 Å². The summed E-state index contributed by atoms with van der Waals surface area (Å²) in [5.41, 5.74) is 27.2. The Morgan fingerprint density at radius 3 is 1.86 bits per heavy atom. The molecule has 0 heterocycles. The summed E-state index contributed by atoms with van der Waals surface area (Å²) >= 11 is 0. The smallest absolute Gasteiger partial charge is 0.182 e. The molecule has 1 aliphatic carbocycles. The average Bonchev–Trinajstić information content (AvgIpc) is 3.27. The van der Waals surface area contributed by atoms with Crippen LogP contribution in [-0.2, 0) is 18.6 Å². The number of aryl methyl sites for hydroxylation is 5. The van der Waals surface area contributed by atoms with Gasteiger partial charge >= 0.3 is 0 Å². The summed E-state index contributed by atoms with van der Waals surface area (Å²) in [5, 5.41) is 0. The van der Waals surface area contributed by atoms with E-state index in [9.17, 15) is 0 Å². The molecule has 0 fully saturated rings. The molecule has 4 N–H and O–H groups in total. The van der Waals surface area contributed by atoms with E-state index in [1.54, 1.807) is 7.11 Å². The van der Waals surface area contributed by atoms with Crippen molar-refractivity contribution in [3.05, 3.63) is 99.1 Å². The molecule has 4 aromatic carbocycles. The predicted octanol–water partition coefficient (Wildman–Crippen LogP) is 9.51. The maximum atomic E-state index is 6.84. The van der Waals surface area contributed by atoms with E-state index < -0.39 is 5.72 Å². The van der Waals surface area contributed by atoms with Crippen LogP contribution < -0.4 is 20.9 Å². The summed E-state index contributed by atoms with van der Waals surface area (Å²) in [5.74, 6) is 2.31. The van der Waals surface area contributed by atoms with E-state index >= 15 is 0 Å². The quantitative estimate of drug-likeness (QED) is 0.177. The fourth-order valence-corrected chi connectivity index (χ4v) is 6.87. The molecular weight excluding hydrogens is 528 g/mol. The van der Waals surface area contributed by atoms with Crippen LogP contribution in [0.2, 0.25) is 0 Å². The van der Waals surface area contributed by atoms with Crippen molar-refractivity contribution in [2.24, 2.45) is 11.7 Å². The molecule has 0 radical (unpaired) electrons. The number of hydrogen-bond donors (Lipinski definition) is 2.